The lowest BCUT2D eigenvalue weighted by Gasteiger charge is -2.30. The molecule has 0 bridgehead atoms. The van der Waals surface area contributed by atoms with Gasteiger partial charge in [-0.3, -0.25) is 9.59 Å². The molecule has 7 heteroatoms. The van der Waals surface area contributed by atoms with E-state index in [4.69, 9.17) is 4.74 Å². The van der Waals surface area contributed by atoms with Crippen molar-refractivity contribution in [1.29, 1.82) is 0 Å². The molecule has 0 saturated carbocycles. The van der Waals surface area contributed by atoms with Gasteiger partial charge in [-0.1, -0.05) is 6.07 Å². The molecule has 2 aromatic rings. The van der Waals surface area contributed by atoms with E-state index < -0.39 is 0 Å². The minimum absolute atomic E-state index is 0.0515. The second-order valence-electron chi connectivity index (χ2n) is 6.10. The van der Waals surface area contributed by atoms with Crippen LogP contribution in [0.4, 0.5) is 11.4 Å². The molecule has 0 fully saturated rings. The summed E-state index contributed by atoms with van der Waals surface area (Å²) in [4.78, 5) is 28.9. The second kappa shape index (κ2) is 7.67. The molecule has 1 aromatic carbocycles. The molecule has 0 atom stereocenters. The van der Waals surface area contributed by atoms with Crippen molar-refractivity contribution in [3.05, 3.63) is 40.6 Å². The molecule has 25 heavy (non-hydrogen) atoms. The average molecular weight is 359 g/mol. The Balaban J connectivity index is 1.77. The first kappa shape index (κ1) is 17.4. The molecule has 1 aliphatic heterocycles. The Morgan fingerprint density at radius 2 is 2.20 bits per heavy atom. The van der Waals surface area contributed by atoms with Gasteiger partial charge < -0.3 is 19.9 Å². The summed E-state index contributed by atoms with van der Waals surface area (Å²) in [6.07, 6.45) is 0.865. The van der Waals surface area contributed by atoms with Crippen LogP contribution >= 0.6 is 11.3 Å². The zero-order chi connectivity index (χ0) is 17.8. The van der Waals surface area contributed by atoms with Gasteiger partial charge >= 0.3 is 0 Å². The van der Waals surface area contributed by atoms with Crippen LogP contribution in [-0.4, -0.2) is 50.5 Å². The third-order valence-electron chi connectivity index (χ3n) is 3.89. The second-order valence-corrected chi connectivity index (χ2v) is 7.05. The van der Waals surface area contributed by atoms with Crippen molar-refractivity contribution in [2.24, 2.45) is 0 Å². The van der Waals surface area contributed by atoms with E-state index in [9.17, 15) is 9.59 Å². The van der Waals surface area contributed by atoms with Gasteiger partial charge in [0.25, 0.3) is 11.8 Å². The zero-order valence-electron chi connectivity index (χ0n) is 14.3. The summed E-state index contributed by atoms with van der Waals surface area (Å²) in [5.74, 6) is 0.448. The van der Waals surface area contributed by atoms with Crippen molar-refractivity contribution in [2.75, 3.05) is 44.0 Å². The third kappa shape index (κ3) is 4.18. The number of ether oxygens (including phenoxy) is 1. The number of carbonyl (C=O) groups is 2. The van der Waals surface area contributed by atoms with Crippen LogP contribution in [0, 0.1) is 0 Å². The largest absolute Gasteiger partial charge is 0.482 e. The van der Waals surface area contributed by atoms with Gasteiger partial charge in [0.2, 0.25) is 0 Å². The molecule has 0 spiro atoms. The molecule has 0 unspecified atom stereocenters. The SMILES string of the molecule is CN(C)CCCN1C(=O)COc2ccc(NC(=O)c3cccs3)cc21. The maximum atomic E-state index is 12.3. The van der Waals surface area contributed by atoms with E-state index in [0.717, 1.165) is 13.0 Å². The number of carbonyl (C=O) groups excluding carboxylic acids is 2. The highest BCUT2D eigenvalue weighted by Crippen LogP contribution is 2.34. The lowest BCUT2D eigenvalue weighted by molar-refractivity contribution is -0.121. The molecule has 2 amide bonds. The summed E-state index contributed by atoms with van der Waals surface area (Å²) < 4.78 is 5.51. The number of hydrogen-bond acceptors (Lipinski definition) is 5. The highest BCUT2D eigenvalue weighted by atomic mass is 32.1. The van der Waals surface area contributed by atoms with Crippen molar-refractivity contribution in [2.45, 2.75) is 6.42 Å². The Kier molecular flexibility index (Phi) is 5.35. The molecule has 0 aliphatic carbocycles. The Morgan fingerprint density at radius 3 is 2.92 bits per heavy atom. The normalized spacial score (nSPS) is 13.6. The van der Waals surface area contributed by atoms with E-state index in [2.05, 4.69) is 10.2 Å². The molecule has 0 radical (unpaired) electrons. The number of hydrogen-bond donors (Lipinski definition) is 1. The van der Waals surface area contributed by atoms with Crippen molar-refractivity contribution < 1.29 is 14.3 Å². The van der Waals surface area contributed by atoms with E-state index in [1.165, 1.54) is 11.3 Å². The Morgan fingerprint density at radius 1 is 1.36 bits per heavy atom. The number of amides is 2. The van der Waals surface area contributed by atoms with Crippen LogP contribution in [0.2, 0.25) is 0 Å². The molecule has 1 aliphatic rings. The molecule has 6 nitrogen and oxygen atoms in total. The third-order valence-corrected chi connectivity index (χ3v) is 4.76. The summed E-state index contributed by atoms with van der Waals surface area (Å²) >= 11 is 1.39. The van der Waals surface area contributed by atoms with Crippen LogP contribution in [0.3, 0.4) is 0 Å². The van der Waals surface area contributed by atoms with Crippen LogP contribution in [-0.2, 0) is 4.79 Å². The fraction of sp³-hybridized carbons (Fsp3) is 0.333. The van der Waals surface area contributed by atoms with Gasteiger partial charge in [0.05, 0.1) is 10.6 Å². The predicted octanol–water partition coefficient (Wildman–Crippen LogP) is 2.68. The number of nitrogens with one attached hydrogen (secondary N) is 1. The van der Waals surface area contributed by atoms with Gasteiger partial charge in [-0.2, -0.15) is 0 Å². The Bertz CT molecular complexity index is 759. The number of nitrogens with zero attached hydrogens (tertiary/aromatic N) is 2. The van der Waals surface area contributed by atoms with Gasteiger partial charge in [-0.15, -0.1) is 11.3 Å². The monoisotopic (exact) mass is 359 g/mol. The number of rotatable bonds is 6. The Hall–Kier alpha value is -2.38. The van der Waals surface area contributed by atoms with E-state index in [0.29, 0.717) is 28.5 Å². The summed E-state index contributed by atoms with van der Waals surface area (Å²) in [5, 5.41) is 4.74. The lowest BCUT2D eigenvalue weighted by atomic mass is 10.2. The van der Waals surface area contributed by atoms with Crippen molar-refractivity contribution in [3.63, 3.8) is 0 Å². The standard InChI is InChI=1S/C18H21N3O3S/c1-20(2)8-4-9-21-14-11-13(6-7-15(14)24-12-17(21)22)19-18(23)16-5-3-10-25-16/h3,5-7,10-11H,4,8-9,12H2,1-2H3,(H,19,23). The fourth-order valence-electron chi connectivity index (χ4n) is 2.67. The molecule has 3 rings (SSSR count). The van der Waals surface area contributed by atoms with Gasteiger partial charge in [0, 0.05) is 12.2 Å². The Labute approximate surface area is 151 Å². The maximum absolute atomic E-state index is 12.3. The first-order valence-corrected chi connectivity index (χ1v) is 8.99. The van der Waals surface area contributed by atoms with Crippen LogP contribution in [0.5, 0.6) is 5.75 Å². The summed E-state index contributed by atoms with van der Waals surface area (Å²) in [6.45, 7) is 1.57. The molecule has 1 N–H and O–H groups in total. The summed E-state index contributed by atoms with van der Waals surface area (Å²) in [7, 11) is 4.01. The summed E-state index contributed by atoms with van der Waals surface area (Å²) in [5.41, 5.74) is 1.35. The first-order valence-electron chi connectivity index (χ1n) is 8.11. The van der Waals surface area contributed by atoms with Gasteiger partial charge in [-0.05, 0) is 56.7 Å². The summed E-state index contributed by atoms with van der Waals surface area (Å²) in [6, 6.07) is 9.00. The van der Waals surface area contributed by atoms with Crippen LogP contribution in [0.25, 0.3) is 0 Å². The van der Waals surface area contributed by atoms with Gasteiger partial charge in [0.1, 0.15) is 5.75 Å². The highest BCUT2D eigenvalue weighted by molar-refractivity contribution is 7.12. The fourth-order valence-corrected chi connectivity index (χ4v) is 3.29. The van der Waals surface area contributed by atoms with E-state index in [-0.39, 0.29) is 18.4 Å². The number of anilines is 2. The van der Waals surface area contributed by atoms with Crippen LogP contribution in [0.1, 0.15) is 16.1 Å². The molecule has 132 valence electrons. The van der Waals surface area contributed by atoms with Crippen molar-refractivity contribution in [1.82, 2.24) is 4.90 Å². The van der Waals surface area contributed by atoms with E-state index >= 15 is 0 Å². The average Bonchev–Trinajstić information content (AvgIpc) is 3.11. The molecule has 0 saturated heterocycles. The molecule has 2 heterocycles. The zero-order valence-corrected chi connectivity index (χ0v) is 15.1. The van der Waals surface area contributed by atoms with Crippen LogP contribution in [0.15, 0.2) is 35.7 Å². The molecule has 1 aromatic heterocycles. The lowest BCUT2D eigenvalue weighted by Crippen LogP contribution is -2.40. The number of thiophene rings is 1. The van der Waals surface area contributed by atoms with Crippen LogP contribution < -0.4 is 15.0 Å². The topological polar surface area (TPSA) is 61.9 Å². The van der Waals surface area contributed by atoms with Crippen molar-refractivity contribution in [3.8, 4) is 5.75 Å². The quantitative estimate of drug-likeness (QED) is 0.861. The number of fused-ring (bicyclic) bond motifs is 1. The number of benzene rings is 1. The van der Waals surface area contributed by atoms with Crippen molar-refractivity contribution >= 4 is 34.5 Å². The predicted molar refractivity (Wildman–Crippen MR) is 99.7 cm³/mol. The highest BCUT2D eigenvalue weighted by Gasteiger charge is 2.25. The smallest absolute Gasteiger partial charge is 0.265 e. The van der Waals surface area contributed by atoms with E-state index in [1.54, 1.807) is 29.2 Å². The molecular formula is C18H21N3O3S. The molecular weight excluding hydrogens is 338 g/mol. The van der Waals surface area contributed by atoms with E-state index in [1.807, 2.05) is 25.5 Å². The maximum Gasteiger partial charge on any atom is 0.265 e. The minimum atomic E-state index is -0.155. The minimum Gasteiger partial charge on any atom is -0.482 e. The van der Waals surface area contributed by atoms with Gasteiger partial charge in [0.15, 0.2) is 6.61 Å². The first-order chi connectivity index (χ1) is 12.0. The van der Waals surface area contributed by atoms with Gasteiger partial charge in [-0.25, -0.2) is 0 Å².